The Balaban J connectivity index is 2.13. The minimum absolute atomic E-state index is 0.276. The predicted molar refractivity (Wildman–Crippen MR) is 85.5 cm³/mol. The average molecular weight is 370 g/mol. The second kappa shape index (κ2) is 5.31. The van der Waals surface area contributed by atoms with Gasteiger partial charge in [0.1, 0.15) is 5.82 Å². The van der Waals surface area contributed by atoms with Crippen LogP contribution in [0.3, 0.4) is 0 Å². The van der Waals surface area contributed by atoms with Crippen LogP contribution in [0.25, 0.3) is 11.0 Å². The summed E-state index contributed by atoms with van der Waals surface area (Å²) >= 11 is 9.94. The first kappa shape index (κ1) is 14.4. The standard InChI is InChI=1S/C15H11BrClFN2O/c1-7-2-8(4-9(18)3-7)14(17)10-5-12-13(6-11(10)16)20-15(21)19-12/h2-6,14H,1H3,(H2,19,20,21). The molecule has 0 amide bonds. The van der Waals surface area contributed by atoms with E-state index in [0.717, 1.165) is 15.6 Å². The maximum Gasteiger partial charge on any atom is 0.323 e. The third-order valence-corrected chi connectivity index (χ3v) is 4.44. The van der Waals surface area contributed by atoms with Crippen LogP contribution in [0.2, 0.25) is 0 Å². The third-order valence-electron chi connectivity index (χ3n) is 3.26. The summed E-state index contributed by atoms with van der Waals surface area (Å²) in [6.07, 6.45) is 0. The molecule has 0 aliphatic carbocycles. The summed E-state index contributed by atoms with van der Waals surface area (Å²) in [5.74, 6) is -0.317. The van der Waals surface area contributed by atoms with Gasteiger partial charge in [0.05, 0.1) is 16.4 Å². The van der Waals surface area contributed by atoms with E-state index in [1.165, 1.54) is 12.1 Å². The Kier molecular flexibility index (Phi) is 3.63. The predicted octanol–water partition coefficient (Wildman–Crippen LogP) is 4.39. The van der Waals surface area contributed by atoms with E-state index in [9.17, 15) is 9.18 Å². The van der Waals surface area contributed by atoms with E-state index in [2.05, 4.69) is 25.9 Å². The number of fused-ring (bicyclic) bond motifs is 1. The molecule has 0 radical (unpaired) electrons. The molecule has 0 spiro atoms. The first-order valence-electron chi connectivity index (χ1n) is 6.26. The van der Waals surface area contributed by atoms with Gasteiger partial charge < -0.3 is 9.97 Å². The number of benzene rings is 2. The summed E-state index contributed by atoms with van der Waals surface area (Å²) < 4.78 is 14.3. The number of aromatic amines is 2. The first-order chi connectivity index (χ1) is 9.94. The van der Waals surface area contributed by atoms with Crippen LogP contribution in [-0.4, -0.2) is 9.97 Å². The molecule has 0 fully saturated rings. The van der Waals surface area contributed by atoms with Crippen LogP contribution in [0.1, 0.15) is 22.1 Å². The average Bonchev–Trinajstić information content (AvgIpc) is 2.75. The van der Waals surface area contributed by atoms with Crippen molar-refractivity contribution in [3.63, 3.8) is 0 Å². The Hall–Kier alpha value is -1.59. The molecule has 3 rings (SSSR count). The molecule has 1 aromatic heterocycles. The smallest absolute Gasteiger partial charge is 0.306 e. The van der Waals surface area contributed by atoms with Gasteiger partial charge in [-0.2, -0.15) is 0 Å². The largest absolute Gasteiger partial charge is 0.323 e. The van der Waals surface area contributed by atoms with Crippen molar-refractivity contribution in [1.29, 1.82) is 0 Å². The van der Waals surface area contributed by atoms with Crippen LogP contribution < -0.4 is 5.69 Å². The van der Waals surface area contributed by atoms with Crippen molar-refractivity contribution in [1.82, 2.24) is 9.97 Å². The van der Waals surface area contributed by atoms with Crippen LogP contribution in [0.4, 0.5) is 4.39 Å². The topological polar surface area (TPSA) is 48.6 Å². The molecule has 0 saturated carbocycles. The van der Waals surface area contributed by atoms with Gasteiger partial charge in [0.15, 0.2) is 0 Å². The third kappa shape index (κ3) is 2.76. The number of hydrogen-bond donors (Lipinski definition) is 2. The molecule has 1 atom stereocenters. The molecule has 3 nitrogen and oxygen atoms in total. The van der Waals surface area contributed by atoms with Crippen molar-refractivity contribution in [3.8, 4) is 0 Å². The van der Waals surface area contributed by atoms with Crippen molar-refractivity contribution in [2.45, 2.75) is 12.3 Å². The highest BCUT2D eigenvalue weighted by molar-refractivity contribution is 9.10. The minimum atomic E-state index is -0.517. The zero-order valence-electron chi connectivity index (χ0n) is 11.0. The van der Waals surface area contributed by atoms with Gasteiger partial charge in [0, 0.05) is 4.47 Å². The molecule has 2 N–H and O–H groups in total. The van der Waals surface area contributed by atoms with Crippen molar-refractivity contribution in [2.24, 2.45) is 0 Å². The Labute approximate surface area is 133 Å². The molecular weight excluding hydrogens is 359 g/mol. The van der Waals surface area contributed by atoms with Gasteiger partial charge in [-0.1, -0.05) is 22.0 Å². The fraction of sp³-hybridized carbons (Fsp3) is 0.133. The van der Waals surface area contributed by atoms with Gasteiger partial charge >= 0.3 is 5.69 Å². The van der Waals surface area contributed by atoms with E-state index in [1.807, 2.05) is 13.0 Å². The van der Waals surface area contributed by atoms with E-state index in [4.69, 9.17) is 11.6 Å². The van der Waals surface area contributed by atoms with Gasteiger partial charge in [-0.15, -0.1) is 11.6 Å². The number of rotatable bonds is 2. The number of aryl methyl sites for hydroxylation is 1. The van der Waals surface area contributed by atoms with Crippen LogP contribution in [0.15, 0.2) is 39.6 Å². The molecule has 0 saturated heterocycles. The molecule has 108 valence electrons. The second-order valence-electron chi connectivity index (χ2n) is 4.92. The van der Waals surface area contributed by atoms with E-state index >= 15 is 0 Å². The van der Waals surface area contributed by atoms with Gasteiger partial charge in [-0.05, 0) is 47.9 Å². The molecule has 0 bridgehead atoms. The molecule has 1 unspecified atom stereocenters. The monoisotopic (exact) mass is 368 g/mol. The highest BCUT2D eigenvalue weighted by atomic mass is 79.9. The lowest BCUT2D eigenvalue weighted by molar-refractivity contribution is 0.624. The van der Waals surface area contributed by atoms with Crippen molar-refractivity contribution >= 4 is 38.6 Å². The van der Waals surface area contributed by atoms with Crippen molar-refractivity contribution < 1.29 is 4.39 Å². The normalized spacial score (nSPS) is 12.8. The summed E-state index contributed by atoms with van der Waals surface area (Å²) in [4.78, 5) is 16.7. The number of alkyl halides is 1. The molecule has 21 heavy (non-hydrogen) atoms. The summed E-state index contributed by atoms with van der Waals surface area (Å²) in [5.41, 5.74) is 3.33. The lowest BCUT2D eigenvalue weighted by Gasteiger charge is -2.13. The number of imidazole rings is 1. The Morgan fingerprint density at radius 3 is 2.48 bits per heavy atom. The number of hydrogen-bond acceptors (Lipinski definition) is 1. The Morgan fingerprint density at radius 1 is 1.14 bits per heavy atom. The number of H-pyrrole nitrogens is 2. The SMILES string of the molecule is Cc1cc(F)cc(C(Cl)c2cc3[nH]c(=O)[nH]c3cc2Br)c1. The molecule has 1 heterocycles. The number of nitrogens with one attached hydrogen (secondary N) is 2. The molecular formula is C15H11BrClFN2O. The lowest BCUT2D eigenvalue weighted by Crippen LogP contribution is -1.99. The summed E-state index contributed by atoms with van der Waals surface area (Å²) in [6, 6.07) is 8.28. The zero-order chi connectivity index (χ0) is 15.1. The maximum atomic E-state index is 13.5. The minimum Gasteiger partial charge on any atom is -0.306 e. The van der Waals surface area contributed by atoms with E-state index in [0.29, 0.717) is 16.6 Å². The van der Waals surface area contributed by atoms with Crippen LogP contribution in [0.5, 0.6) is 0 Å². The van der Waals surface area contributed by atoms with Gasteiger partial charge in [0.2, 0.25) is 0 Å². The molecule has 6 heteroatoms. The van der Waals surface area contributed by atoms with E-state index in [1.54, 1.807) is 12.1 Å². The lowest BCUT2D eigenvalue weighted by atomic mass is 10.0. The number of aromatic nitrogens is 2. The molecule has 3 aromatic rings. The Bertz CT molecular complexity index is 867. The highest BCUT2D eigenvalue weighted by Crippen LogP contribution is 2.36. The fourth-order valence-electron chi connectivity index (χ4n) is 2.36. The summed E-state index contributed by atoms with van der Waals surface area (Å²) in [5, 5.41) is -0.517. The highest BCUT2D eigenvalue weighted by Gasteiger charge is 2.17. The maximum absolute atomic E-state index is 13.5. The first-order valence-corrected chi connectivity index (χ1v) is 7.49. The van der Waals surface area contributed by atoms with Gasteiger partial charge in [-0.3, -0.25) is 0 Å². The second-order valence-corrected chi connectivity index (χ2v) is 6.21. The van der Waals surface area contributed by atoms with Gasteiger partial charge in [0.25, 0.3) is 0 Å². The molecule has 0 aliphatic heterocycles. The zero-order valence-corrected chi connectivity index (χ0v) is 13.3. The van der Waals surface area contributed by atoms with Crippen molar-refractivity contribution in [3.05, 3.63) is 67.8 Å². The Morgan fingerprint density at radius 2 is 1.81 bits per heavy atom. The molecule has 0 aliphatic rings. The molecule has 2 aromatic carbocycles. The summed E-state index contributed by atoms with van der Waals surface area (Å²) in [7, 11) is 0. The van der Waals surface area contributed by atoms with Crippen LogP contribution >= 0.6 is 27.5 Å². The van der Waals surface area contributed by atoms with Crippen molar-refractivity contribution in [2.75, 3.05) is 0 Å². The van der Waals surface area contributed by atoms with Crippen LogP contribution in [-0.2, 0) is 0 Å². The fourth-order valence-corrected chi connectivity index (χ4v) is 3.37. The van der Waals surface area contributed by atoms with Crippen LogP contribution in [0, 0.1) is 12.7 Å². The summed E-state index contributed by atoms with van der Waals surface area (Å²) in [6.45, 7) is 1.82. The van der Waals surface area contributed by atoms with Gasteiger partial charge in [-0.25, -0.2) is 9.18 Å². The van der Waals surface area contributed by atoms with E-state index < -0.39 is 5.38 Å². The quantitative estimate of drug-likeness (QED) is 0.647. The van der Waals surface area contributed by atoms with E-state index in [-0.39, 0.29) is 11.5 Å². The number of halogens is 3.